The standard InChI is InChI=1S/C12H7Br2N3O3/c13-8-4-3-7(6-10(8)17(19)20)12(18)16-9-2-1-5-15-11(9)14/h1-6H,(H,16,18). The van der Waals surface area contributed by atoms with Crippen LogP contribution in [-0.4, -0.2) is 15.8 Å². The van der Waals surface area contributed by atoms with Crippen LogP contribution in [0.1, 0.15) is 10.4 Å². The minimum Gasteiger partial charge on any atom is -0.320 e. The second-order valence-electron chi connectivity index (χ2n) is 3.72. The fraction of sp³-hybridized carbons (Fsp3) is 0. The van der Waals surface area contributed by atoms with E-state index < -0.39 is 10.8 Å². The highest BCUT2D eigenvalue weighted by Crippen LogP contribution is 2.26. The zero-order valence-electron chi connectivity index (χ0n) is 9.84. The lowest BCUT2D eigenvalue weighted by Gasteiger charge is -2.06. The molecule has 2 aromatic rings. The van der Waals surface area contributed by atoms with Gasteiger partial charge in [0.1, 0.15) is 4.60 Å². The molecule has 8 heteroatoms. The van der Waals surface area contributed by atoms with Crippen molar-refractivity contribution in [1.29, 1.82) is 0 Å². The summed E-state index contributed by atoms with van der Waals surface area (Å²) in [4.78, 5) is 26.3. The second kappa shape index (κ2) is 6.10. The predicted molar refractivity (Wildman–Crippen MR) is 80.7 cm³/mol. The molecule has 1 aromatic carbocycles. The minimum atomic E-state index is -0.555. The van der Waals surface area contributed by atoms with Crippen molar-refractivity contribution in [3.05, 3.63) is 61.3 Å². The van der Waals surface area contributed by atoms with Crippen molar-refractivity contribution in [1.82, 2.24) is 4.98 Å². The topological polar surface area (TPSA) is 85.1 Å². The van der Waals surface area contributed by atoms with Crippen LogP contribution in [0.15, 0.2) is 45.6 Å². The molecular formula is C12H7Br2N3O3. The first kappa shape index (κ1) is 14.6. The Morgan fingerprint density at radius 3 is 2.70 bits per heavy atom. The number of nitro benzene ring substituents is 1. The van der Waals surface area contributed by atoms with E-state index in [4.69, 9.17) is 0 Å². The van der Waals surface area contributed by atoms with Crippen molar-refractivity contribution < 1.29 is 9.72 Å². The number of pyridine rings is 1. The maximum atomic E-state index is 12.1. The SMILES string of the molecule is O=C(Nc1cccnc1Br)c1ccc(Br)c([N+](=O)[O-])c1. The van der Waals surface area contributed by atoms with Gasteiger partial charge in [-0.25, -0.2) is 4.98 Å². The van der Waals surface area contributed by atoms with Gasteiger partial charge in [0.2, 0.25) is 0 Å². The third-order valence-corrected chi connectivity index (χ3v) is 3.71. The molecule has 0 aliphatic carbocycles. The van der Waals surface area contributed by atoms with Crippen LogP contribution in [0, 0.1) is 10.1 Å². The number of anilines is 1. The highest BCUT2D eigenvalue weighted by Gasteiger charge is 2.16. The number of nitrogens with one attached hydrogen (secondary N) is 1. The van der Waals surface area contributed by atoms with Crippen LogP contribution in [0.3, 0.4) is 0 Å². The van der Waals surface area contributed by atoms with E-state index in [1.54, 1.807) is 18.3 Å². The van der Waals surface area contributed by atoms with E-state index in [2.05, 4.69) is 42.2 Å². The van der Waals surface area contributed by atoms with Crippen molar-refractivity contribution in [2.45, 2.75) is 0 Å². The van der Waals surface area contributed by atoms with Crippen LogP contribution >= 0.6 is 31.9 Å². The number of carbonyl (C=O) groups is 1. The summed E-state index contributed by atoms with van der Waals surface area (Å²) in [5.41, 5.74) is 0.515. The normalized spacial score (nSPS) is 10.1. The Morgan fingerprint density at radius 2 is 2.05 bits per heavy atom. The monoisotopic (exact) mass is 399 g/mol. The molecule has 0 aliphatic heterocycles. The summed E-state index contributed by atoms with van der Waals surface area (Å²) in [5, 5.41) is 13.5. The molecule has 1 aromatic heterocycles. The number of carbonyl (C=O) groups excluding carboxylic acids is 1. The van der Waals surface area contributed by atoms with Gasteiger partial charge >= 0.3 is 0 Å². The van der Waals surface area contributed by atoms with E-state index >= 15 is 0 Å². The molecule has 1 N–H and O–H groups in total. The fourth-order valence-electron chi connectivity index (χ4n) is 1.47. The van der Waals surface area contributed by atoms with Crippen LogP contribution in [0.5, 0.6) is 0 Å². The van der Waals surface area contributed by atoms with Gasteiger partial charge in [0.15, 0.2) is 0 Å². The zero-order chi connectivity index (χ0) is 14.7. The number of amides is 1. The van der Waals surface area contributed by atoms with Crippen molar-refractivity contribution in [3.63, 3.8) is 0 Å². The number of benzene rings is 1. The summed E-state index contributed by atoms with van der Waals surface area (Å²) in [7, 11) is 0. The Hall–Kier alpha value is -1.80. The number of nitrogens with zero attached hydrogens (tertiary/aromatic N) is 2. The molecule has 0 bridgehead atoms. The van der Waals surface area contributed by atoms with Gasteiger partial charge in [0, 0.05) is 17.8 Å². The lowest BCUT2D eigenvalue weighted by molar-refractivity contribution is -0.385. The Morgan fingerprint density at radius 1 is 1.30 bits per heavy atom. The Kier molecular flexibility index (Phi) is 4.46. The van der Waals surface area contributed by atoms with Crippen molar-refractivity contribution in [3.8, 4) is 0 Å². The van der Waals surface area contributed by atoms with Crippen LogP contribution < -0.4 is 5.32 Å². The number of halogens is 2. The van der Waals surface area contributed by atoms with Crippen molar-refractivity contribution >= 4 is 49.1 Å². The Bertz CT molecular complexity index is 691. The Labute approximate surface area is 130 Å². The van der Waals surface area contributed by atoms with Gasteiger partial charge in [-0.15, -0.1) is 0 Å². The molecule has 20 heavy (non-hydrogen) atoms. The lowest BCUT2D eigenvalue weighted by atomic mass is 10.2. The fourth-order valence-corrected chi connectivity index (χ4v) is 2.21. The Balaban J connectivity index is 2.28. The number of rotatable bonds is 3. The molecule has 0 atom stereocenters. The molecular weight excluding hydrogens is 394 g/mol. The summed E-state index contributed by atoms with van der Waals surface area (Å²) in [6.45, 7) is 0. The van der Waals surface area contributed by atoms with E-state index in [-0.39, 0.29) is 11.3 Å². The summed E-state index contributed by atoms with van der Waals surface area (Å²) in [6, 6.07) is 7.51. The lowest BCUT2D eigenvalue weighted by Crippen LogP contribution is -2.12. The van der Waals surface area contributed by atoms with Crippen molar-refractivity contribution in [2.24, 2.45) is 0 Å². The van der Waals surface area contributed by atoms with Crippen LogP contribution in [-0.2, 0) is 0 Å². The van der Waals surface area contributed by atoms with Gasteiger partial charge in [-0.1, -0.05) is 0 Å². The summed E-state index contributed by atoms with van der Waals surface area (Å²) >= 11 is 6.27. The number of hydrogen-bond donors (Lipinski definition) is 1. The summed E-state index contributed by atoms with van der Waals surface area (Å²) in [6.07, 6.45) is 1.57. The summed E-state index contributed by atoms with van der Waals surface area (Å²) in [5.74, 6) is -0.450. The molecule has 0 saturated heterocycles. The highest BCUT2D eigenvalue weighted by atomic mass is 79.9. The van der Waals surface area contributed by atoms with E-state index in [1.807, 2.05) is 0 Å². The van der Waals surface area contributed by atoms with Gasteiger partial charge in [-0.2, -0.15) is 0 Å². The molecule has 0 fully saturated rings. The molecule has 6 nitrogen and oxygen atoms in total. The molecule has 0 radical (unpaired) electrons. The van der Waals surface area contributed by atoms with Gasteiger partial charge < -0.3 is 5.32 Å². The van der Waals surface area contributed by atoms with E-state index in [1.165, 1.54) is 18.2 Å². The molecule has 1 heterocycles. The molecule has 1 amide bonds. The maximum Gasteiger partial charge on any atom is 0.284 e. The molecule has 102 valence electrons. The van der Waals surface area contributed by atoms with Crippen LogP contribution in [0.4, 0.5) is 11.4 Å². The molecule has 0 aliphatic rings. The average Bonchev–Trinajstić information content (AvgIpc) is 2.41. The first-order valence-electron chi connectivity index (χ1n) is 5.35. The second-order valence-corrected chi connectivity index (χ2v) is 5.32. The molecule has 0 spiro atoms. The third kappa shape index (κ3) is 3.20. The molecule has 0 unspecified atom stereocenters. The maximum absolute atomic E-state index is 12.1. The van der Waals surface area contributed by atoms with E-state index in [0.29, 0.717) is 14.8 Å². The largest absolute Gasteiger partial charge is 0.320 e. The first-order valence-corrected chi connectivity index (χ1v) is 6.93. The van der Waals surface area contributed by atoms with E-state index in [0.717, 1.165) is 0 Å². The summed E-state index contributed by atoms with van der Waals surface area (Å²) < 4.78 is 0.807. The highest BCUT2D eigenvalue weighted by molar-refractivity contribution is 9.10. The molecule has 2 rings (SSSR count). The van der Waals surface area contributed by atoms with Gasteiger partial charge in [0.05, 0.1) is 15.1 Å². The van der Waals surface area contributed by atoms with E-state index in [9.17, 15) is 14.9 Å². The number of aromatic nitrogens is 1. The number of hydrogen-bond acceptors (Lipinski definition) is 4. The quantitative estimate of drug-likeness (QED) is 0.482. The van der Waals surface area contributed by atoms with Gasteiger partial charge in [-0.3, -0.25) is 14.9 Å². The predicted octanol–water partition coefficient (Wildman–Crippen LogP) is 3.77. The van der Waals surface area contributed by atoms with Crippen LogP contribution in [0.25, 0.3) is 0 Å². The van der Waals surface area contributed by atoms with Gasteiger partial charge in [0.25, 0.3) is 11.6 Å². The van der Waals surface area contributed by atoms with Crippen molar-refractivity contribution in [2.75, 3.05) is 5.32 Å². The van der Waals surface area contributed by atoms with Crippen LogP contribution in [0.2, 0.25) is 0 Å². The minimum absolute atomic E-state index is 0.164. The molecule has 0 saturated carbocycles. The average molecular weight is 401 g/mol. The first-order chi connectivity index (χ1) is 9.49. The third-order valence-electron chi connectivity index (χ3n) is 2.41. The van der Waals surface area contributed by atoms with Gasteiger partial charge in [-0.05, 0) is 56.1 Å². The zero-order valence-corrected chi connectivity index (χ0v) is 13.0. The smallest absolute Gasteiger partial charge is 0.284 e. The number of nitro groups is 1.